The Kier molecular flexibility index (Phi) is 4.86. The van der Waals surface area contributed by atoms with Crippen LogP contribution in [0.1, 0.15) is 27.9 Å². The minimum atomic E-state index is 0.620. The molecule has 3 nitrogen and oxygen atoms in total. The highest BCUT2D eigenvalue weighted by Gasteiger charge is 2.14. The van der Waals surface area contributed by atoms with Crippen molar-refractivity contribution in [2.24, 2.45) is 0 Å². The topological polar surface area (TPSA) is 29.5 Å². The van der Waals surface area contributed by atoms with Crippen molar-refractivity contribution in [1.82, 2.24) is 4.90 Å². The van der Waals surface area contributed by atoms with E-state index in [2.05, 4.69) is 29.2 Å². The van der Waals surface area contributed by atoms with Crippen LogP contribution >= 0.6 is 0 Å². The number of rotatable bonds is 6. The smallest absolute Gasteiger partial charge is 0.153 e. The summed E-state index contributed by atoms with van der Waals surface area (Å²) in [5.41, 5.74) is 3.55. The van der Waals surface area contributed by atoms with E-state index in [1.807, 2.05) is 18.2 Å². The average Bonchev–Trinajstić information content (AvgIpc) is 2.59. The van der Waals surface area contributed by atoms with Crippen molar-refractivity contribution in [3.63, 3.8) is 0 Å². The van der Waals surface area contributed by atoms with Gasteiger partial charge in [-0.15, -0.1) is 0 Å². The SMILES string of the molecule is O=Cc1ccccc1OCCCN1CCc2ccccc2C1. The average molecular weight is 295 g/mol. The zero-order valence-corrected chi connectivity index (χ0v) is 12.7. The molecule has 3 heteroatoms. The molecule has 1 aliphatic rings. The van der Waals surface area contributed by atoms with Gasteiger partial charge >= 0.3 is 0 Å². The highest BCUT2D eigenvalue weighted by atomic mass is 16.5. The minimum Gasteiger partial charge on any atom is -0.493 e. The van der Waals surface area contributed by atoms with Gasteiger partial charge in [0.1, 0.15) is 5.75 Å². The van der Waals surface area contributed by atoms with Crippen LogP contribution in [0.25, 0.3) is 0 Å². The standard InChI is InChI=1S/C19H21NO2/c21-15-18-8-3-4-9-19(18)22-13-5-11-20-12-10-16-6-1-2-7-17(16)14-20/h1-4,6-9,15H,5,10-14H2. The summed E-state index contributed by atoms with van der Waals surface area (Å²) in [5.74, 6) is 0.682. The Morgan fingerprint density at radius 2 is 1.82 bits per heavy atom. The largest absolute Gasteiger partial charge is 0.493 e. The molecule has 1 aliphatic heterocycles. The van der Waals surface area contributed by atoms with Gasteiger partial charge in [0.05, 0.1) is 12.2 Å². The monoisotopic (exact) mass is 295 g/mol. The van der Waals surface area contributed by atoms with Gasteiger partial charge in [-0.05, 0) is 36.1 Å². The van der Waals surface area contributed by atoms with E-state index in [0.717, 1.165) is 38.8 Å². The van der Waals surface area contributed by atoms with Gasteiger partial charge in [0.25, 0.3) is 0 Å². The molecule has 0 aromatic heterocycles. The van der Waals surface area contributed by atoms with Crippen molar-refractivity contribution >= 4 is 6.29 Å². The summed E-state index contributed by atoms with van der Waals surface area (Å²) in [7, 11) is 0. The number of benzene rings is 2. The number of aldehydes is 1. The molecule has 0 aliphatic carbocycles. The van der Waals surface area contributed by atoms with E-state index in [-0.39, 0.29) is 0 Å². The molecule has 114 valence electrons. The van der Waals surface area contributed by atoms with E-state index in [1.54, 1.807) is 6.07 Å². The maximum absolute atomic E-state index is 10.9. The molecule has 0 radical (unpaired) electrons. The molecule has 0 N–H and O–H groups in total. The first-order chi connectivity index (χ1) is 10.9. The van der Waals surface area contributed by atoms with Gasteiger partial charge in [0, 0.05) is 19.6 Å². The van der Waals surface area contributed by atoms with Crippen molar-refractivity contribution in [1.29, 1.82) is 0 Å². The van der Waals surface area contributed by atoms with Crippen molar-refractivity contribution in [3.05, 3.63) is 65.2 Å². The van der Waals surface area contributed by atoms with Gasteiger partial charge in [0.15, 0.2) is 6.29 Å². The summed E-state index contributed by atoms with van der Waals surface area (Å²) >= 11 is 0. The Labute approximate surface area is 131 Å². The second kappa shape index (κ2) is 7.23. The minimum absolute atomic E-state index is 0.620. The molecule has 1 heterocycles. The second-order valence-corrected chi connectivity index (χ2v) is 5.65. The molecule has 2 aromatic carbocycles. The number of fused-ring (bicyclic) bond motifs is 1. The molecule has 0 fully saturated rings. The normalized spacial score (nSPS) is 14.4. The second-order valence-electron chi connectivity index (χ2n) is 5.65. The fourth-order valence-electron chi connectivity index (χ4n) is 2.92. The van der Waals surface area contributed by atoms with E-state index in [1.165, 1.54) is 11.1 Å². The quantitative estimate of drug-likeness (QED) is 0.605. The van der Waals surface area contributed by atoms with Crippen LogP contribution in [0.4, 0.5) is 0 Å². The van der Waals surface area contributed by atoms with E-state index < -0.39 is 0 Å². The van der Waals surface area contributed by atoms with Crippen LogP contribution in [0.3, 0.4) is 0 Å². The van der Waals surface area contributed by atoms with Gasteiger partial charge in [0.2, 0.25) is 0 Å². The van der Waals surface area contributed by atoms with E-state index in [4.69, 9.17) is 4.74 Å². The molecule has 0 spiro atoms. The zero-order valence-electron chi connectivity index (χ0n) is 12.7. The summed E-state index contributed by atoms with van der Waals surface area (Å²) in [6, 6.07) is 16.1. The Bertz CT molecular complexity index is 639. The Hall–Kier alpha value is -2.13. The third kappa shape index (κ3) is 3.55. The molecule has 3 rings (SSSR count). The van der Waals surface area contributed by atoms with Crippen LogP contribution in [-0.4, -0.2) is 30.9 Å². The first kappa shape index (κ1) is 14.8. The summed E-state index contributed by atoms with van der Waals surface area (Å²) in [6.45, 7) is 3.81. The molecule has 0 saturated heterocycles. The van der Waals surface area contributed by atoms with E-state index in [0.29, 0.717) is 17.9 Å². The van der Waals surface area contributed by atoms with Gasteiger partial charge < -0.3 is 4.74 Å². The highest BCUT2D eigenvalue weighted by molar-refractivity contribution is 5.79. The maximum atomic E-state index is 10.9. The highest BCUT2D eigenvalue weighted by Crippen LogP contribution is 2.19. The Morgan fingerprint density at radius 3 is 2.68 bits per heavy atom. The molecule has 0 saturated carbocycles. The summed E-state index contributed by atoms with van der Waals surface area (Å²) in [5, 5.41) is 0. The number of nitrogens with zero attached hydrogens (tertiary/aromatic N) is 1. The van der Waals surface area contributed by atoms with E-state index in [9.17, 15) is 4.79 Å². The lowest BCUT2D eigenvalue weighted by Crippen LogP contribution is -2.32. The predicted molar refractivity (Wildman–Crippen MR) is 87.4 cm³/mol. The van der Waals surface area contributed by atoms with Crippen molar-refractivity contribution in [3.8, 4) is 5.75 Å². The summed E-state index contributed by atoms with van der Waals surface area (Å²) in [4.78, 5) is 13.4. The maximum Gasteiger partial charge on any atom is 0.153 e. The lowest BCUT2D eigenvalue weighted by atomic mass is 10.00. The van der Waals surface area contributed by atoms with Crippen LogP contribution in [0.5, 0.6) is 5.75 Å². The van der Waals surface area contributed by atoms with Crippen molar-refractivity contribution < 1.29 is 9.53 Å². The number of para-hydroxylation sites is 1. The van der Waals surface area contributed by atoms with Crippen molar-refractivity contribution in [2.45, 2.75) is 19.4 Å². The van der Waals surface area contributed by atoms with Gasteiger partial charge in [-0.1, -0.05) is 36.4 Å². The summed E-state index contributed by atoms with van der Waals surface area (Å²) in [6.07, 6.45) is 2.94. The third-order valence-corrected chi connectivity index (χ3v) is 4.13. The molecule has 22 heavy (non-hydrogen) atoms. The van der Waals surface area contributed by atoms with Crippen LogP contribution in [0.2, 0.25) is 0 Å². The molecule has 0 atom stereocenters. The fraction of sp³-hybridized carbons (Fsp3) is 0.316. The number of hydrogen-bond donors (Lipinski definition) is 0. The molecular weight excluding hydrogens is 274 g/mol. The number of carbonyl (C=O) groups is 1. The van der Waals surface area contributed by atoms with Crippen LogP contribution in [-0.2, 0) is 13.0 Å². The Morgan fingerprint density at radius 1 is 1.05 bits per heavy atom. The van der Waals surface area contributed by atoms with Gasteiger partial charge in [-0.3, -0.25) is 9.69 Å². The van der Waals surface area contributed by atoms with Crippen LogP contribution < -0.4 is 4.74 Å². The van der Waals surface area contributed by atoms with Crippen LogP contribution in [0.15, 0.2) is 48.5 Å². The molecule has 0 bridgehead atoms. The van der Waals surface area contributed by atoms with Crippen LogP contribution in [0, 0.1) is 0 Å². The summed E-state index contributed by atoms with van der Waals surface area (Å²) < 4.78 is 5.73. The first-order valence-corrected chi connectivity index (χ1v) is 7.83. The lowest BCUT2D eigenvalue weighted by Gasteiger charge is -2.28. The molecule has 0 unspecified atom stereocenters. The van der Waals surface area contributed by atoms with Crippen molar-refractivity contribution in [2.75, 3.05) is 19.7 Å². The lowest BCUT2D eigenvalue weighted by molar-refractivity contribution is 0.111. The molecule has 0 amide bonds. The third-order valence-electron chi connectivity index (χ3n) is 4.13. The number of hydrogen-bond acceptors (Lipinski definition) is 3. The zero-order chi connectivity index (χ0) is 15.2. The molecule has 2 aromatic rings. The van der Waals surface area contributed by atoms with E-state index >= 15 is 0 Å². The number of carbonyl (C=O) groups excluding carboxylic acids is 1. The molecular formula is C19H21NO2. The Balaban J connectivity index is 1.45. The number of ether oxygens (including phenoxy) is 1. The fourth-order valence-corrected chi connectivity index (χ4v) is 2.92. The first-order valence-electron chi connectivity index (χ1n) is 7.83. The van der Waals surface area contributed by atoms with Gasteiger partial charge in [-0.2, -0.15) is 0 Å². The predicted octanol–water partition coefficient (Wildman–Crippen LogP) is 3.33. The van der Waals surface area contributed by atoms with Gasteiger partial charge in [-0.25, -0.2) is 0 Å².